The van der Waals surface area contributed by atoms with Crippen LogP contribution in [-0.2, 0) is 18.8 Å². The highest BCUT2D eigenvalue weighted by Gasteiger charge is 2.63. The first kappa shape index (κ1) is 28.7. The Kier molecular flexibility index (Phi) is 7.25. The highest BCUT2D eigenvalue weighted by Crippen LogP contribution is 2.62. The Hall–Kier alpha value is -2.44. The number of methoxy groups -OCH3 is 1. The van der Waals surface area contributed by atoms with Crippen LogP contribution in [0, 0.1) is 39.9 Å². The van der Waals surface area contributed by atoms with Crippen molar-refractivity contribution in [1.82, 2.24) is 4.90 Å². The second-order valence-corrected chi connectivity index (χ2v) is 17.5. The monoisotopic (exact) mass is 573 g/mol. The van der Waals surface area contributed by atoms with Crippen LogP contribution in [0.5, 0.6) is 0 Å². The van der Waals surface area contributed by atoms with Gasteiger partial charge in [0, 0.05) is 18.5 Å². The van der Waals surface area contributed by atoms with Gasteiger partial charge in [0.1, 0.15) is 0 Å². The molecule has 2 aromatic carbocycles. The smallest absolute Gasteiger partial charge is 0.311 e. The van der Waals surface area contributed by atoms with E-state index in [4.69, 9.17) is 9.16 Å². The van der Waals surface area contributed by atoms with Crippen molar-refractivity contribution < 1.29 is 18.8 Å². The zero-order valence-electron chi connectivity index (χ0n) is 25.6. The van der Waals surface area contributed by atoms with Crippen LogP contribution in [0.2, 0.25) is 0 Å². The van der Waals surface area contributed by atoms with E-state index >= 15 is 0 Å². The number of rotatable bonds is 7. The van der Waals surface area contributed by atoms with Gasteiger partial charge in [-0.3, -0.25) is 9.59 Å². The second kappa shape index (κ2) is 10.4. The van der Waals surface area contributed by atoms with Gasteiger partial charge in [0.25, 0.3) is 0 Å². The van der Waals surface area contributed by atoms with E-state index in [9.17, 15) is 9.59 Å². The second-order valence-electron chi connectivity index (χ2n) is 15.1. The SMILES string of the molecule is COC(=O)C12CC3CC(C1)C(N1CC(C(O[SiH](c4ccccc4)c4ccccc4)C(C)(C)C)C(C)(C)C1=O)C(C3)C2. The van der Waals surface area contributed by atoms with Crippen molar-refractivity contribution in [3.05, 3.63) is 60.7 Å². The van der Waals surface area contributed by atoms with Crippen molar-refractivity contribution in [2.45, 2.75) is 78.9 Å². The maximum absolute atomic E-state index is 14.4. The van der Waals surface area contributed by atoms with E-state index in [1.807, 2.05) is 0 Å². The Morgan fingerprint density at radius 2 is 1.46 bits per heavy atom. The quantitative estimate of drug-likeness (QED) is 0.353. The summed E-state index contributed by atoms with van der Waals surface area (Å²) in [6, 6.07) is 21.6. The van der Waals surface area contributed by atoms with Crippen LogP contribution in [0.1, 0.15) is 66.7 Å². The normalized spacial score (nSPS) is 32.9. The minimum absolute atomic E-state index is 0.0275. The zero-order chi connectivity index (χ0) is 29.2. The van der Waals surface area contributed by atoms with Gasteiger partial charge in [0.05, 0.1) is 24.0 Å². The first-order valence-corrected chi connectivity index (χ1v) is 17.2. The van der Waals surface area contributed by atoms with E-state index in [1.54, 1.807) is 0 Å². The summed E-state index contributed by atoms with van der Waals surface area (Å²) in [6.45, 7) is 11.8. The van der Waals surface area contributed by atoms with Gasteiger partial charge in [-0.1, -0.05) is 95.3 Å². The number of hydrogen-bond donors (Lipinski definition) is 0. The molecule has 1 aliphatic heterocycles. The van der Waals surface area contributed by atoms with Crippen molar-refractivity contribution in [3.63, 3.8) is 0 Å². The van der Waals surface area contributed by atoms with Gasteiger partial charge in [-0.2, -0.15) is 0 Å². The predicted molar refractivity (Wildman–Crippen MR) is 164 cm³/mol. The Morgan fingerprint density at radius 1 is 0.927 bits per heavy atom. The molecule has 0 aromatic heterocycles. The van der Waals surface area contributed by atoms with Crippen LogP contribution >= 0.6 is 0 Å². The van der Waals surface area contributed by atoms with Crippen molar-refractivity contribution in [2.24, 2.45) is 39.9 Å². The number of ether oxygens (including phenoxy) is 1. The lowest BCUT2D eigenvalue weighted by atomic mass is 9.47. The summed E-state index contributed by atoms with van der Waals surface area (Å²) in [6.07, 6.45) is 4.87. The molecule has 4 saturated carbocycles. The van der Waals surface area contributed by atoms with Gasteiger partial charge in [0.15, 0.2) is 0 Å². The summed E-state index contributed by atoms with van der Waals surface area (Å²) < 4.78 is 12.7. The van der Waals surface area contributed by atoms with E-state index in [2.05, 4.69) is 100 Å². The van der Waals surface area contributed by atoms with Crippen molar-refractivity contribution >= 4 is 31.3 Å². The number of nitrogens with zero attached hydrogens (tertiary/aromatic N) is 1. The fourth-order valence-electron chi connectivity index (χ4n) is 9.41. The average molecular weight is 574 g/mol. The largest absolute Gasteiger partial charge is 0.469 e. The molecule has 5 aliphatic rings. The lowest BCUT2D eigenvalue weighted by Crippen LogP contribution is -2.61. The average Bonchev–Trinajstić information content (AvgIpc) is 3.16. The zero-order valence-corrected chi connectivity index (χ0v) is 26.8. The molecular formula is C35H47NO4Si. The molecule has 0 N–H and O–H groups in total. The van der Waals surface area contributed by atoms with Gasteiger partial charge in [-0.25, -0.2) is 0 Å². The summed E-state index contributed by atoms with van der Waals surface area (Å²) in [5.74, 6) is 1.65. The molecule has 220 valence electrons. The molecule has 41 heavy (non-hydrogen) atoms. The Labute approximate surface area is 247 Å². The first-order valence-electron chi connectivity index (χ1n) is 15.6. The van der Waals surface area contributed by atoms with Gasteiger partial charge >= 0.3 is 5.97 Å². The molecule has 7 rings (SSSR count). The number of carbonyl (C=O) groups is 2. The molecule has 5 nitrogen and oxygen atoms in total. The van der Waals surface area contributed by atoms with Gasteiger partial charge < -0.3 is 14.1 Å². The van der Waals surface area contributed by atoms with Crippen LogP contribution in [0.3, 0.4) is 0 Å². The molecule has 1 saturated heterocycles. The van der Waals surface area contributed by atoms with Gasteiger partial charge in [-0.05, 0) is 65.6 Å². The molecule has 1 amide bonds. The number of esters is 1. The Morgan fingerprint density at radius 3 is 1.95 bits per heavy atom. The highest BCUT2D eigenvalue weighted by atomic mass is 28.3. The number of amides is 1. The molecule has 0 radical (unpaired) electrons. The van der Waals surface area contributed by atoms with E-state index in [1.165, 1.54) is 17.5 Å². The van der Waals surface area contributed by atoms with Crippen LogP contribution < -0.4 is 10.4 Å². The fraction of sp³-hybridized carbons (Fsp3) is 0.600. The summed E-state index contributed by atoms with van der Waals surface area (Å²) in [7, 11) is -0.494. The maximum Gasteiger partial charge on any atom is 0.311 e. The van der Waals surface area contributed by atoms with E-state index in [-0.39, 0.29) is 40.8 Å². The van der Waals surface area contributed by atoms with Crippen molar-refractivity contribution in [1.29, 1.82) is 0 Å². The number of benzene rings is 2. The summed E-state index contributed by atoms with van der Waals surface area (Å²) >= 11 is 0. The molecule has 4 atom stereocenters. The minimum Gasteiger partial charge on any atom is -0.469 e. The summed E-state index contributed by atoms with van der Waals surface area (Å²) in [5.41, 5.74) is -1.01. The third-order valence-corrected chi connectivity index (χ3v) is 13.6. The fourth-order valence-corrected chi connectivity index (χ4v) is 12.1. The van der Waals surface area contributed by atoms with Crippen LogP contribution in [0.4, 0.5) is 0 Å². The molecule has 5 fully saturated rings. The standard InChI is InChI=1S/C35H47NO4Si/c1-33(2,3)30(40-41(26-13-9-7-10-14-26)27-15-11-8-12-16-27)28-22-36(31(37)34(28,4)5)29-24-17-23-18-25(29)21-35(19-23,20-24)32(38)39-6/h7-16,23-25,28-30,41H,17-22H2,1-6H3. The lowest BCUT2D eigenvalue weighted by Gasteiger charge is -2.60. The molecule has 0 spiro atoms. The molecule has 2 aromatic rings. The highest BCUT2D eigenvalue weighted by molar-refractivity contribution is 6.80. The molecule has 6 heteroatoms. The third-order valence-electron chi connectivity index (χ3n) is 11.0. The minimum atomic E-state index is -2.03. The topological polar surface area (TPSA) is 55.8 Å². The number of carbonyl (C=O) groups excluding carboxylic acids is 2. The van der Waals surface area contributed by atoms with Gasteiger partial charge in [-0.15, -0.1) is 0 Å². The van der Waals surface area contributed by atoms with Gasteiger partial charge in [0.2, 0.25) is 14.9 Å². The third kappa shape index (κ3) is 4.89. The van der Waals surface area contributed by atoms with Crippen LogP contribution in [0.15, 0.2) is 60.7 Å². The van der Waals surface area contributed by atoms with E-state index in [0.717, 1.165) is 38.6 Å². The molecular weight excluding hydrogens is 526 g/mol. The molecule has 4 unspecified atom stereocenters. The van der Waals surface area contributed by atoms with E-state index < -0.39 is 14.5 Å². The first-order chi connectivity index (χ1) is 19.4. The van der Waals surface area contributed by atoms with E-state index in [0.29, 0.717) is 17.8 Å². The number of hydrogen-bond acceptors (Lipinski definition) is 4. The summed E-state index contributed by atoms with van der Waals surface area (Å²) in [4.78, 5) is 29.6. The Balaban J connectivity index is 1.31. The predicted octanol–water partition coefficient (Wildman–Crippen LogP) is 4.81. The maximum atomic E-state index is 14.4. The lowest BCUT2D eigenvalue weighted by molar-refractivity contribution is -0.177. The number of likely N-dealkylation sites (tertiary alicyclic amines) is 1. The Bertz CT molecular complexity index is 1220. The summed E-state index contributed by atoms with van der Waals surface area (Å²) in [5, 5.41) is 2.53. The molecule has 4 aliphatic carbocycles. The van der Waals surface area contributed by atoms with Crippen LogP contribution in [-0.4, -0.2) is 51.6 Å². The van der Waals surface area contributed by atoms with Crippen LogP contribution in [0.25, 0.3) is 0 Å². The van der Waals surface area contributed by atoms with Crippen molar-refractivity contribution in [2.75, 3.05) is 13.7 Å². The van der Waals surface area contributed by atoms with Crippen molar-refractivity contribution in [3.8, 4) is 0 Å². The molecule has 1 heterocycles. The molecule has 4 bridgehead atoms.